The lowest BCUT2D eigenvalue weighted by Crippen LogP contribution is -2.03. The van der Waals surface area contributed by atoms with Crippen LogP contribution in [0.25, 0.3) is 72.1 Å². The fourth-order valence-corrected chi connectivity index (χ4v) is 5.81. The second-order valence-corrected chi connectivity index (χ2v) is 10.0. The van der Waals surface area contributed by atoms with E-state index in [2.05, 4.69) is 138 Å². The molecule has 0 fully saturated rings. The van der Waals surface area contributed by atoms with Crippen LogP contribution in [0.3, 0.4) is 0 Å². The number of fused-ring (bicyclic) bond motifs is 3. The van der Waals surface area contributed by atoms with E-state index in [9.17, 15) is 0 Å². The number of benzene rings is 6. The second-order valence-electron chi connectivity index (χ2n) is 10.0. The Balaban J connectivity index is 1.50. The molecule has 0 atom stereocenters. The molecule has 2 aromatic heterocycles. The molecule has 188 valence electrons. The standard InChI is InChI=1S/C37H24N2O/c1-3-12-25(13-4-1)29-18-11-19-30(26-14-5-2-6-15-26)36(29)39-34-21-10-9-20-33(34)38-37(39)32-24-40-35-23-28-17-8-7-16-27(28)22-31(32)35/h1-24H. The summed E-state index contributed by atoms with van der Waals surface area (Å²) < 4.78 is 8.49. The Bertz CT molecular complexity index is 2100. The molecule has 0 unspecified atom stereocenters. The van der Waals surface area contributed by atoms with Gasteiger partial charge in [0.15, 0.2) is 0 Å². The largest absolute Gasteiger partial charge is 0.464 e. The molecule has 8 aromatic rings. The maximum atomic E-state index is 6.17. The van der Waals surface area contributed by atoms with E-state index in [4.69, 9.17) is 9.40 Å². The van der Waals surface area contributed by atoms with Crippen molar-refractivity contribution in [2.24, 2.45) is 0 Å². The van der Waals surface area contributed by atoms with Crippen LogP contribution in [0, 0.1) is 0 Å². The lowest BCUT2D eigenvalue weighted by atomic mass is 9.95. The van der Waals surface area contributed by atoms with E-state index in [1.54, 1.807) is 0 Å². The number of imidazole rings is 1. The highest BCUT2D eigenvalue weighted by atomic mass is 16.3. The highest BCUT2D eigenvalue weighted by molar-refractivity contribution is 6.04. The SMILES string of the molecule is c1ccc(-c2cccc(-c3ccccc3)c2-n2c(-c3coc4cc5ccccc5cc34)nc3ccccc32)cc1. The third-order valence-corrected chi connectivity index (χ3v) is 7.67. The molecule has 0 spiro atoms. The maximum absolute atomic E-state index is 6.17. The highest BCUT2D eigenvalue weighted by Crippen LogP contribution is 2.42. The average molecular weight is 513 g/mol. The predicted molar refractivity (Wildman–Crippen MR) is 165 cm³/mol. The molecule has 0 bridgehead atoms. The zero-order valence-corrected chi connectivity index (χ0v) is 21.7. The van der Waals surface area contributed by atoms with E-state index in [0.717, 1.165) is 66.7 Å². The van der Waals surface area contributed by atoms with Crippen LogP contribution < -0.4 is 0 Å². The predicted octanol–water partition coefficient (Wildman–Crippen LogP) is 9.93. The van der Waals surface area contributed by atoms with E-state index >= 15 is 0 Å². The van der Waals surface area contributed by atoms with Crippen LogP contribution in [0.5, 0.6) is 0 Å². The van der Waals surface area contributed by atoms with Crippen molar-refractivity contribution >= 4 is 32.8 Å². The number of aromatic nitrogens is 2. The summed E-state index contributed by atoms with van der Waals surface area (Å²) in [6.07, 6.45) is 1.86. The van der Waals surface area contributed by atoms with Gasteiger partial charge in [-0.05, 0) is 46.2 Å². The van der Waals surface area contributed by atoms with E-state index in [-0.39, 0.29) is 0 Å². The molecule has 0 saturated heterocycles. The fourth-order valence-electron chi connectivity index (χ4n) is 5.81. The van der Waals surface area contributed by atoms with E-state index in [1.165, 1.54) is 5.39 Å². The summed E-state index contributed by atoms with van der Waals surface area (Å²) >= 11 is 0. The number of rotatable bonds is 4. The third kappa shape index (κ3) is 3.56. The molecule has 3 heteroatoms. The Morgan fingerprint density at radius 3 is 1.82 bits per heavy atom. The van der Waals surface area contributed by atoms with Gasteiger partial charge in [-0.1, -0.05) is 115 Å². The van der Waals surface area contributed by atoms with Crippen LogP contribution in [0.4, 0.5) is 0 Å². The lowest BCUT2D eigenvalue weighted by molar-refractivity contribution is 0.617. The quantitative estimate of drug-likeness (QED) is 0.235. The van der Waals surface area contributed by atoms with Gasteiger partial charge >= 0.3 is 0 Å². The van der Waals surface area contributed by atoms with Gasteiger partial charge in [-0.15, -0.1) is 0 Å². The van der Waals surface area contributed by atoms with E-state index < -0.39 is 0 Å². The smallest absolute Gasteiger partial charge is 0.149 e. The summed E-state index contributed by atoms with van der Waals surface area (Å²) in [7, 11) is 0. The zero-order chi connectivity index (χ0) is 26.5. The van der Waals surface area contributed by atoms with Crippen LogP contribution in [0.2, 0.25) is 0 Å². The Labute approximate surface area is 231 Å². The van der Waals surface area contributed by atoms with Crippen molar-refractivity contribution in [3.8, 4) is 39.3 Å². The first-order valence-corrected chi connectivity index (χ1v) is 13.5. The molecule has 3 nitrogen and oxygen atoms in total. The van der Waals surface area contributed by atoms with E-state index in [0.29, 0.717) is 0 Å². The van der Waals surface area contributed by atoms with Crippen LogP contribution in [0.1, 0.15) is 0 Å². The summed E-state index contributed by atoms with van der Waals surface area (Å²) in [6, 6.07) is 48.8. The normalized spacial score (nSPS) is 11.5. The van der Waals surface area contributed by atoms with Crippen LogP contribution >= 0.6 is 0 Å². The Morgan fingerprint density at radius 1 is 0.525 bits per heavy atom. The minimum Gasteiger partial charge on any atom is -0.464 e. The van der Waals surface area contributed by atoms with E-state index in [1.807, 2.05) is 12.3 Å². The van der Waals surface area contributed by atoms with Gasteiger partial charge in [0.25, 0.3) is 0 Å². The van der Waals surface area contributed by atoms with Gasteiger partial charge in [0.05, 0.1) is 22.3 Å². The number of hydrogen-bond donors (Lipinski definition) is 0. The van der Waals surface area contributed by atoms with Gasteiger partial charge < -0.3 is 4.42 Å². The van der Waals surface area contributed by atoms with Crippen molar-refractivity contribution in [1.29, 1.82) is 0 Å². The molecule has 40 heavy (non-hydrogen) atoms. The fraction of sp³-hybridized carbons (Fsp3) is 0. The molecule has 0 aliphatic rings. The lowest BCUT2D eigenvalue weighted by Gasteiger charge is -2.19. The molecule has 0 saturated carbocycles. The van der Waals surface area contributed by atoms with Gasteiger partial charge in [0.2, 0.25) is 0 Å². The topological polar surface area (TPSA) is 31.0 Å². The minimum atomic E-state index is 0.854. The first kappa shape index (κ1) is 22.6. The molecule has 8 rings (SSSR count). The van der Waals surface area contributed by atoms with Crippen LogP contribution in [-0.4, -0.2) is 9.55 Å². The minimum absolute atomic E-state index is 0.854. The third-order valence-electron chi connectivity index (χ3n) is 7.67. The summed E-state index contributed by atoms with van der Waals surface area (Å²) in [5.41, 5.74) is 9.51. The Hall–Kier alpha value is -5.41. The summed E-state index contributed by atoms with van der Waals surface area (Å²) in [6.45, 7) is 0. The van der Waals surface area contributed by atoms with Gasteiger partial charge in [0.1, 0.15) is 17.7 Å². The first-order chi connectivity index (χ1) is 19.8. The maximum Gasteiger partial charge on any atom is 0.149 e. The number of furan rings is 1. The van der Waals surface area contributed by atoms with Crippen molar-refractivity contribution < 1.29 is 4.42 Å². The molecule has 2 heterocycles. The molecule has 0 aliphatic heterocycles. The highest BCUT2D eigenvalue weighted by Gasteiger charge is 2.23. The number of nitrogens with zero attached hydrogens (tertiary/aromatic N) is 2. The first-order valence-electron chi connectivity index (χ1n) is 13.5. The zero-order valence-electron chi connectivity index (χ0n) is 21.7. The molecular weight excluding hydrogens is 488 g/mol. The number of para-hydroxylation sites is 3. The number of hydrogen-bond acceptors (Lipinski definition) is 2. The van der Waals surface area contributed by atoms with Gasteiger partial charge in [-0.25, -0.2) is 4.98 Å². The summed E-state index contributed by atoms with van der Waals surface area (Å²) in [5.74, 6) is 0.857. The second kappa shape index (κ2) is 9.11. The van der Waals surface area contributed by atoms with Crippen LogP contribution in [0.15, 0.2) is 150 Å². The van der Waals surface area contributed by atoms with Crippen molar-refractivity contribution in [3.63, 3.8) is 0 Å². The molecule has 0 radical (unpaired) electrons. The molecule has 0 amide bonds. The Kier molecular flexibility index (Phi) is 5.14. The van der Waals surface area contributed by atoms with Gasteiger partial charge in [-0.3, -0.25) is 4.57 Å². The van der Waals surface area contributed by atoms with Crippen molar-refractivity contribution in [2.75, 3.05) is 0 Å². The molecule has 0 N–H and O–H groups in total. The average Bonchev–Trinajstić information content (AvgIpc) is 3.61. The van der Waals surface area contributed by atoms with Gasteiger partial charge in [-0.2, -0.15) is 0 Å². The van der Waals surface area contributed by atoms with Crippen LogP contribution in [-0.2, 0) is 0 Å². The van der Waals surface area contributed by atoms with Crippen molar-refractivity contribution in [1.82, 2.24) is 9.55 Å². The van der Waals surface area contributed by atoms with Gasteiger partial charge in [0, 0.05) is 16.5 Å². The molecule has 0 aliphatic carbocycles. The Morgan fingerprint density at radius 2 is 1.12 bits per heavy atom. The monoisotopic (exact) mass is 512 g/mol. The molecule has 6 aromatic carbocycles. The van der Waals surface area contributed by atoms with Crippen molar-refractivity contribution in [3.05, 3.63) is 146 Å². The summed E-state index contributed by atoms with van der Waals surface area (Å²) in [4.78, 5) is 5.23. The summed E-state index contributed by atoms with van der Waals surface area (Å²) in [5, 5.41) is 3.38. The van der Waals surface area contributed by atoms with Crippen molar-refractivity contribution in [2.45, 2.75) is 0 Å². The molecular formula is C37H24N2O.